The van der Waals surface area contributed by atoms with Crippen LogP contribution in [0.2, 0.25) is 0 Å². The van der Waals surface area contributed by atoms with Crippen LogP contribution in [0.1, 0.15) is 22.2 Å². The number of thiophene rings is 1. The summed E-state index contributed by atoms with van der Waals surface area (Å²) in [5.41, 5.74) is 1.08. The molecule has 0 atom stereocenters. The van der Waals surface area contributed by atoms with Crippen LogP contribution in [0.4, 0.5) is 0 Å². The molecule has 2 aromatic rings. The van der Waals surface area contributed by atoms with Crippen LogP contribution in [0.15, 0.2) is 36.0 Å². The molecule has 0 radical (unpaired) electrons. The van der Waals surface area contributed by atoms with Crippen molar-refractivity contribution >= 4 is 17.2 Å². The van der Waals surface area contributed by atoms with Gasteiger partial charge in [0.05, 0.1) is 4.88 Å². The van der Waals surface area contributed by atoms with Gasteiger partial charge in [-0.1, -0.05) is 0 Å². The van der Waals surface area contributed by atoms with E-state index in [2.05, 4.69) is 9.88 Å². The van der Waals surface area contributed by atoms with Gasteiger partial charge in [0.25, 0.3) is 5.91 Å². The number of hydrogen-bond acceptors (Lipinski definition) is 2. The topological polar surface area (TPSA) is 34.0 Å². The molecule has 0 aliphatic rings. The largest absolute Gasteiger partial charge is 0.352 e. The number of carbonyl (C=O) groups is 1. The Kier molecular flexibility index (Phi) is 3.41. The first-order chi connectivity index (χ1) is 7.81. The second-order valence-corrected chi connectivity index (χ2v) is 4.41. The van der Waals surface area contributed by atoms with Gasteiger partial charge in [0.15, 0.2) is 0 Å². The molecule has 16 heavy (non-hydrogen) atoms. The molecule has 0 bridgehead atoms. The smallest absolute Gasteiger partial charge is 0.261 e. The number of nitrogens with zero attached hydrogens (tertiary/aromatic N) is 1. The second kappa shape index (κ2) is 4.99. The van der Waals surface area contributed by atoms with Gasteiger partial charge < -0.3 is 9.88 Å². The molecule has 2 aromatic heterocycles. The number of nitrogens with one attached hydrogen (secondary N) is 1. The quantitative estimate of drug-likeness (QED) is 0.865. The predicted molar refractivity (Wildman–Crippen MR) is 65.9 cm³/mol. The van der Waals surface area contributed by atoms with Gasteiger partial charge in [0.1, 0.15) is 0 Å². The van der Waals surface area contributed by atoms with Gasteiger partial charge in [0, 0.05) is 25.5 Å². The van der Waals surface area contributed by atoms with Gasteiger partial charge in [-0.25, -0.2) is 0 Å². The molecule has 0 saturated heterocycles. The summed E-state index contributed by atoms with van der Waals surface area (Å²) >= 11 is 1.49. The van der Waals surface area contributed by atoms with E-state index in [4.69, 9.17) is 0 Å². The lowest BCUT2D eigenvalue weighted by Gasteiger charge is -2.05. The fourth-order valence-corrected chi connectivity index (χ4v) is 2.40. The van der Waals surface area contributed by atoms with E-state index in [0.717, 1.165) is 17.0 Å². The summed E-state index contributed by atoms with van der Waals surface area (Å²) in [5, 5.41) is 4.79. The van der Waals surface area contributed by atoms with Gasteiger partial charge >= 0.3 is 0 Å². The van der Waals surface area contributed by atoms with Crippen LogP contribution in [-0.2, 0) is 6.54 Å². The van der Waals surface area contributed by atoms with Crippen LogP contribution in [-0.4, -0.2) is 17.0 Å². The molecule has 1 amide bonds. The van der Waals surface area contributed by atoms with Crippen molar-refractivity contribution in [3.8, 4) is 0 Å². The molecule has 0 spiro atoms. The molecular weight excluding hydrogens is 220 g/mol. The van der Waals surface area contributed by atoms with Crippen LogP contribution >= 0.6 is 11.3 Å². The molecule has 1 N–H and O–H groups in total. The SMILES string of the molecule is CCNC(=O)c1sccc1Cn1cccc1. The molecule has 0 aliphatic heterocycles. The third kappa shape index (κ3) is 2.33. The normalized spacial score (nSPS) is 10.3. The lowest BCUT2D eigenvalue weighted by Crippen LogP contribution is -2.22. The molecule has 0 aliphatic carbocycles. The monoisotopic (exact) mass is 234 g/mol. The van der Waals surface area contributed by atoms with Crippen LogP contribution in [0.25, 0.3) is 0 Å². The van der Waals surface area contributed by atoms with Crippen molar-refractivity contribution < 1.29 is 4.79 Å². The number of aromatic nitrogens is 1. The van der Waals surface area contributed by atoms with Crippen molar-refractivity contribution in [3.63, 3.8) is 0 Å². The zero-order chi connectivity index (χ0) is 11.4. The third-order valence-electron chi connectivity index (χ3n) is 2.31. The molecule has 0 saturated carbocycles. The highest BCUT2D eigenvalue weighted by Crippen LogP contribution is 2.17. The van der Waals surface area contributed by atoms with Crippen LogP contribution < -0.4 is 5.32 Å². The maximum absolute atomic E-state index is 11.7. The van der Waals surface area contributed by atoms with E-state index >= 15 is 0 Å². The van der Waals surface area contributed by atoms with Gasteiger partial charge in [-0.05, 0) is 36.1 Å². The van der Waals surface area contributed by atoms with Crippen molar-refractivity contribution in [3.05, 3.63) is 46.4 Å². The highest BCUT2D eigenvalue weighted by Gasteiger charge is 2.11. The summed E-state index contributed by atoms with van der Waals surface area (Å²) in [6.07, 6.45) is 4.00. The minimum absolute atomic E-state index is 0.0275. The number of hydrogen-bond donors (Lipinski definition) is 1. The Morgan fingerprint density at radius 1 is 1.44 bits per heavy atom. The summed E-state index contributed by atoms with van der Waals surface area (Å²) in [5.74, 6) is 0.0275. The van der Waals surface area contributed by atoms with Crippen molar-refractivity contribution in [1.29, 1.82) is 0 Å². The Bertz CT molecular complexity index is 459. The Morgan fingerprint density at radius 2 is 2.19 bits per heavy atom. The minimum Gasteiger partial charge on any atom is -0.352 e. The Balaban J connectivity index is 2.16. The van der Waals surface area contributed by atoms with E-state index in [9.17, 15) is 4.79 Å². The van der Waals surface area contributed by atoms with E-state index in [1.807, 2.05) is 42.9 Å². The lowest BCUT2D eigenvalue weighted by atomic mass is 10.2. The van der Waals surface area contributed by atoms with E-state index in [1.165, 1.54) is 11.3 Å². The van der Waals surface area contributed by atoms with Crippen LogP contribution in [0, 0.1) is 0 Å². The van der Waals surface area contributed by atoms with E-state index in [-0.39, 0.29) is 5.91 Å². The molecule has 2 rings (SSSR count). The lowest BCUT2D eigenvalue weighted by molar-refractivity contribution is 0.0959. The third-order valence-corrected chi connectivity index (χ3v) is 3.26. The molecular formula is C12H14N2OS. The Labute approximate surface area is 98.7 Å². The first-order valence-electron chi connectivity index (χ1n) is 5.26. The molecule has 84 valence electrons. The fourth-order valence-electron chi connectivity index (χ4n) is 1.57. The van der Waals surface area contributed by atoms with Gasteiger partial charge in [-0.3, -0.25) is 4.79 Å². The molecule has 3 nitrogen and oxygen atoms in total. The zero-order valence-electron chi connectivity index (χ0n) is 9.14. The zero-order valence-corrected chi connectivity index (χ0v) is 9.96. The summed E-state index contributed by atoms with van der Waals surface area (Å²) in [7, 11) is 0. The maximum Gasteiger partial charge on any atom is 0.261 e. The van der Waals surface area contributed by atoms with E-state index < -0.39 is 0 Å². The fraction of sp³-hybridized carbons (Fsp3) is 0.250. The second-order valence-electron chi connectivity index (χ2n) is 3.49. The van der Waals surface area contributed by atoms with Crippen LogP contribution in [0.5, 0.6) is 0 Å². The Hall–Kier alpha value is -1.55. The summed E-state index contributed by atoms with van der Waals surface area (Å²) in [4.78, 5) is 12.6. The minimum atomic E-state index is 0.0275. The van der Waals surface area contributed by atoms with E-state index in [1.54, 1.807) is 0 Å². The molecule has 0 fully saturated rings. The maximum atomic E-state index is 11.7. The molecule has 2 heterocycles. The molecule has 4 heteroatoms. The summed E-state index contributed by atoms with van der Waals surface area (Å²) < 4.78 is 2.06. The first-order valence-corrected chi connectivity index (χ1v) is 6.14. The number of rotatable bonds is 4. The van der Waals surface area contributed by atoms with Crippen molar-refractivity contribution in [2.45, 2.75) is 13.5 Å². The molecule has 0 unspecified atom stereocenters. The van der Waals surface area contributed by atoms with Crippen molar-refractivity contribution in [2.75, 3.05) is 6.54 Å². The standard InChI is InChI=1S/C12H14N2OS/c1-2-13-12(15)11-10(5-8-16-11)9-14-6-3-4-7-14/h3-8H,2,9H2,1H3,(H,13,15). The van der Waals surface area contributed by atoms with Gasteiger partial charge in [-0.2, -0.15) is 0 Å². The Morgan fingerprint density at radius 3 is 2.88 bits per heavy atom. The average Bonchev–Trinajstić information content (AvgIpc) is 2.90. The number of amides is 1. The van der Waals surface area contributed by atoms with E-state index in [0.29, 0.717) is 6.54 Å². The van der Waals surface area contributed by atoms with Crippen molar-refractivity contribution in [2.24, 2.45) is 0 Å². The first kappa shape index (κ1) is 11.0. The molecule has 0 aromatic carbocycles. The van der Waals surface area contributed by atoms with Gasteiger partial charge in [-0.15, -0.1) is 11.3 Å². The van der Waals surface area contributed by atoms with Crippen molar-refractivity contribution in [1.82, 2.24) is 9.88 Å². The highest BCUT2D eigenvalue weighted by molar-refractivity contribution is 7.12. The summed E-state index contributed by atoms with van der Waals surface area (Å²) in [6.45, 7) is 3.35. The average molecular weight is 234 g/mol. The predicted octanol–water partition coefficient (Wildman–Crippen LogP) is 2.35. The van der Waals surface area contributed by atoms with Crippen LogP contribution in [0.3, 0.4) is 0 Å². The highest BCUT2D eigenvalue weighted by atomic mass is 32.1. The van der Waals surface area contributed by atoms with Gasteiger partial charge in [0.2, 0.25) is 0 Å². The summed E-state index contributed by atoms with van der Waals surface area (Å²) in [6, 6.07) is 5.98. The number of carbonyl (C=O) groups excluding carboxylic acids is 1.